The van der Waals surface area contributed by atoms with Gasteiger partial charge in [0.05, 0.1) is 11.3 Å². The summed E-state index contributed by atoms with van der Waals surface area (Å²) in [5, 5.41) is 5.51. The lowest BCUT2D eigenvalue weighted by atomic mass is 10.1. The molecule has 0 radical (unpaired) electrons. The molecule has 0 saturated heterocycles. The molecule has 0 heterocycles. The van der Waals surface area contributed by atoms with Crippen LogP contribution in [0.5, 0.6) is 0 Å². The molecule has 0 bridgehead atoms. The van der Waals surface area contributed by atoms with Gasteiger partial charge in [-0.1, -0.05) is 19.1 Å². The van der Waals surface area contributed by atoms with Crippen molar-refractivity contribution in [3.63, 3.8) is 0 Å². The Kier molecular flexibility index (Phi) is 9.86. The molecule has 0 aliphatic rings. The Bertz CT molecular complexity index is 471. The second-order valence-corrected chi connectivity index (χ2v) is 5.35. The van der Waals surface area contributed by atoms with E-state index in [0.29, 0.717) is 24.3 Å². The molecule has 7 heteroatoms. The number of halogens is 1. The number of rotatable bonds is 7. The highest BCUT2D eigenvalue weighted by Crippen LogP contribution is 2.16. The van der Waals surface area contributed by atoms with Gasteiger partial charge in [-0.15, -0.1) is 12.4 Å². The highest BCUT2D eigenvalue weighted by atomic mass is 35.5. The molecule has 5 nitrogen and oxygen atoms in total. The van der Waals surface area contributed by atoms with Crippen LogP contribution in [0, 0.1) is 5.92 Å². The maximum atomic E-state index is 12.0. The Morgan fingerprint density at radius 1 is 1.33 bits per heavy atom. The van der Waals surface area contributed by atoms with E-state index in [9.17, 15) is 9.59 Å². The summed E-state index contributed by atoms with van der Waals surface area (Å²) in [4.78, 5) is 24.0. The molecule has 4 N–H and O–H groups in total. The molecule has 0 fully saturated rings. The number of hydrogen-bond donors (Lipinski definition) is 3. The van der Waals surface area contributed by atoms with E-state index >= 15 is 0 Å². The van der Waals surface area contributed by atoms with Crippen molar-refractivity contribution in [1.82, 2.24) is 5.32 Å². The van der Waals surface area contributed by atoms with Crippen LogP contribution < -0.4 is 16.4 Å². The lowest BCUT2D eigenvalue weighted by Crippen LogP contribution is -2.30. The molecule has 0 aliphatic carbocycles. The summed E-state index contributed by atoms with van der Waals surface area (Å²) in [6, 6.07) is 6.95. The van der Waals surface area contributed by atoms with Crippen molar-refractivity contribution in [3.8, 4) is 0 Å². The van der Waals surface area contributed by atoms with Crippen molar-refractivity contribution in [2.45, 2.75) is 6.92 Å². The first-order valence-corrected chi connectivity index (χ1v) is 7.86. The van der Waals surface area contributed by atoms with Crippen LogP contribution in [0.2, 0.25) is 0 Å². The van der Waals surface area contributed by atoms with Gasteiger partial charge in [0.15, 0.2) is 0 Å². The van der Waals surface area contributed by atoms with E-state index in [2.05, 4.69) is 10.6 Å². The Labute approximate surface area is 135 Å². The fourth-order valence-corrected chi connectivity index (χ4v) is 2.30. The van der Waals surface area contributed by atoms with Crippen molar-refractivity contribution >= 4 is 41.7 Å². The molecule has 1 atom stereocenters. The summed E-state index contributed by atoms with van der Waals surface area (Å²) >= 11 is 1.62. The summed E-state index contributed by atoms with van der Waals surface area (Å²) < 4.78 is 0. The third kappa shape index (κ3) is 6.37. The molecule has 1 unspecified atom stereocenters. The average Bonchev–Trinajstić information content (AvgIpc) is 2.45. The monoisotopic (exact) mass is 331 g/mol. The minimum atomic E-state index is -0.233. The van der Waals surface area contributed by atoms with Crippen molar-refractivity contribution in [2.24, 2.45) is 11.7 Å². The predicted octanol–water partition coefficient (Wildman–Crippen LogP) is 1.73. The largest absolute Gasteiger partial charge is 0.351 e. The molecular weight excluding hydrogens is 310 g/mol. The van der Waals surface area contributed by atoms with E-state index in [4.69, 9.17) is 5.73 Å². The van der Waals surface area contributed by atoms with Gasteiger partial charge in [0, 0.05) is 24.8 Å². The molecular formula is C14H22ClN3O2S. The zero-order valence-electron chi connectivity index (χ0n) is 12.2. The van der Waals surface area contributed by atoms with Gasteiger partial charge in [0.1, 0.15) is 0 Å². The minimum Gasteiger partial charge on any atom is -0.351 e. The molecule has 1 rings (SSSR count). The van der Waals surface area contributed by atoms with Crippen LogP contribution in [-0.4, -0.2) is 36.9 Å². The van der Waals surface area contributed by atoms with Crippen molar-refractivity contribution in [1.29, 1.82) is 0 Å². The third-order valence-corrected chi connectivity index (χ3v) is 3.56. The smallest absolute Gasteiger partial charge is 0.253 e. The SMILES string of the molecule is CSCC(C)C(=O)Nc1ccccc1C(=O)NCCN.Cl. The third-order valence-electron chi connectivity index (χ3n) is 2.72. The molecule has 0 aliphatic heterocycles. The summed E-state index contributed by atoms with van der Waals surface area (Å²) in [5.74, 6) is 0.320. The standard InChI is InChI=1S/C14H21N3O2S.ClH/c1-10(9-20-2)13(18)17-12-6-4-3-5-11(12)14(19)16-8-7-15;/h3-6,10H,7-9,15H2,1-2H3,(H,16,19)(H,17,18);1H. The minimum absolute atomic E-state index is 0. The van der Waals surface area contributed by atoms with Gasteiger partial charge in [0.2, 0.25) is 5.91 Å². The van der Waals surface area contributed by atoms with Gasteiger partial charge >= 0.3 is 0 Å². The van der Waals surface area contributed by atoms with Crippen molar-refractivity contribution in [3.05, 3.63) is 29.8 Å². The highest BCUT2D eigenvalue weighted by Gasteiger charge is 2.16. The van der Waals surface area contributed by atoms with Crippen LogP contribution in [-0.2, 0) is 4.79 Å². The van der Waals surface area contributed by atoms with Gasteiger partial charge < -0.3 is 16.4 Å². The molecule has 0 aromatic heterocycles. The number of thioether (sulfide) groups is 1. The van der Waals surface area contributed by atoms with E-state index in [1.165, 1.54) is 0 Å². The van der Waals surface area contributed by atoms with Crippen molar-refractivity contribution in [2.75, 3.05) is 30.4 Å². The highest BCUT2D eigenvalue weighted by molar-refractivity contribution is 7.98. The molecule has 0 spiro atoms. The van der Waals surface area contributed by atoms with Gasteiger partial charge in [-0.3, -0.25) is 9.59 Å². The van der Waals surface area contributed by atoms with Crippen LogP contribution in [0.1, 0.15) is 17.3 Å². The van der Waals surface area contributed by atoms with Crippen LogP contribution in [0.4, 0.5) is 5.69 Å². The second kappa shape index (κ2) is 10.5. The molecule has 21 heavy (non-hydrogen) atoms. The molecule has 2 amide bonds. The normalized spacial score (nSPS) is 11.2. The summed E-state index contributed by atoms with van der Waals surface area (Å²) in [5.41, 5.74) is 6.34. The topological polar surface area (TPSA) is 84.2 Å². The van der Waals surface area contributed by atoms with E-state index < -0.39 is 0 Å². The average molecular weight is 332 g/mol. The summed E-state index contributed by atoms with van der Waals surface area (Å²) in [7, 11) is 0. The number of amides is 2. The van der Waals surface area contributed by atoms with Crippen LogP contribution >= 0.6 is 24.2 Å². The Balaban J connectivity index is 0.00000400. The van der Waals surface area contributed by atoms with Gasteiger partial charge in [-0.05, 0) is 18.4 Å². The van der Waals surface area contributed by atoms with Crippen LogP contribution in [0.3, 0.4) is 0 Å². The zero-order chi connectivity index (χ0) is 15.0. The van der Waals surface area contributed by atoms with Crippen LogP contribution in [0.25, 0.3) is 0 Å². The number of anilines is 1. The number of benzene rings is 1. The molecule has 118 valence electrons. The summed E-state index contributed by atoms with van der Waals surface area (Å²) in [6.07, 6.45) is 1.96. The maximum absolute atomic E-state index is 12.0. The summed E-state index contributed by atoms with van der Waals surface area (Å²) in [6.45, 7) is 2.65. The first-order valence-electron chi connectivity index (χ1n) is 6.47. The number of nitrogens with one attached hydrogen (secondary N) is 2. The predicted molar refractivity (Wildman–Crippen MR) is 91.3 cm³/mol. The zero-order valence-corrected chi connectivity index (χ0v) is 13.9. The van der Waals surface area contributed by atoms with Crippen LogP contribution in [0.15, 0.2) is 24.3 Å². The van der Waals surface area contributed by atoms with Crippen molar-refractivity contribution < 1.29 is 9.59 Å². The molecule has 0 saturated carbocycles. The fraction of sp³-hybridized carbons (Fsp3) is 0.429. The number of nitrogens with two attached hydrogens (primary N) is 1. The fourth-order valence-electron chi connectivity index (χ4n) is 1.65. The van der Waals surface area contributed by atoms with E-state index in [1.807, 2.05) is 13.2 Å². The van der Waals surface area contributed by atoms with Gasteiger partial charge in [-0.2, -0.15) is 11.8 Å². The van der Waals surface area contributed by atoms with Gasteiger partial charge in [0.25, 0.3) is 5.91 Å². The lowest BCUT2D eigenvalue weighted by Gasteiger charge is -2.14. The number of para-hydroxylation sites is 1. The lowest BCUT2D eigenvalue weighted by molar-refractivity contribution is -0.118. The number of carbonyl (C=O) groups is 2. The first-order chi connectivity index (χ1) is 9.60. The molecule has 1 aromatic rings. The Morgan fingerprint density at radius 2 is 2.00 bits per heavy atom. The molecule has 1 aromatic carbocycles. The second-order valence-electron chi connectivity index (χ2n) is 4.44. The van der Waals surface area contributed by atoms with Gasteiger partial charge in [-0.25, -0.2) is 0 Å². The quantitative estimate of drug-likeness (QED) is 0.710. The van der Waals surface area contributed by atoms with E-state index in [1.54, 1.807) is 36.0 Å². The van der Waals surface area contributed by atoms with E-state index in [-0.39, 0.29) is 30.1 Å². The Morgan fingerprint density at radius 3 is 2.62 bits per heavy atom. The number of hydrogen-bond acceptors (Lipinski definition) is 4. The van der Waals surface area contributed by atoms with E-state index in [0.717, 1.165) is 5.75 Å². The maximum Gasteiger partial charge on any atom is 0.253 e. The number of carbonyl (C=O) groups excluding carboxylic acids is 2. The Hall–Kier alpha value is -1.24. The first kappa shape index (κ1) is 19.8.